The standard InChI is InChI=1S/C33H34F3N9O/c1-4-28(46)40-24-9-10-26-22(17-24)11-12-37-29(26)25-8-6-5-7-23(25)18-38-31-42-32(41-30-27(21(2)3)19-39-45(30)31)44-15-13-43(14-16-44)20-33(34,35)36/h4-12,17,19,21H,1,13-16,18,20H2,2-3H3,(H,40,46)(H,38,41,42). The lowest BCUT2D eigenvalue weighted by Crippen LogP contribution is -2.49. The topological polar surface area (TPSA) is 104 Å². The Morgan fingerprint density at radius 1 is 1.07 bits per heavy atom. The van der Waals surface area contributed by atoms with Gasteiger partial charge in [0.05, 0.1) is 18.4 Å². The number of anilines is 3. The van der Waals surface area contributed by atoms with Crippen LogP contribution >= 0.6 is 0 Å². The van der Waals surface area contributed by atoms with Crippen LogP contribution in [0.4, 0.5) is 30.8 Å². The maximum atomic E-state index is 13.0. The molecular weight excluding hydrogens is 595 g/mol. The molecule has 1 aliphatic rings. The molecule has 0 unspecified atom stereocenters. The molecule has 1 amide bonds. The van der Waals surface area contributed by atoms with E-state index in [-0.39, 0.29) is 24.9 Å². The highest BCUT2D eigenvalue weighted by Gasteiger charge is 2.32. The van der Waals surface area contributed by atoms with Crippen molar-refractivity contribution in [3.63, 3.8) is 0 Å². The second-order valence-corrected chi connectivity index (χ2v) is 11.5. The van der Waals surface area contributed by atoms with Gasteiger partial charge < -0.3 is 15.5 Å². The first-order valence-corrected chi connectivity index (χ1v) is 15.0. The number of nitrogens with one attached hydrogen (secondary N) is 2. The lowest BCUT2D eigenvalue weighted by Gasteiger charge is -2.35. The third-order valence-corrected chi connectivity index (χ3v) is 7.99. The molecule has 1 saturated heterocycles. The lowest BCUT2D eigenvalue weighted by atomic mass is 9.99. The van der Waals surface area contributed by atoms with E-state index in [1.807, 2.05) is 53.4 Å². The number of aromatic nitrogens is 5. The van der Waals surface area contributed by atoms with E-state index >= 15 is 0 Å². The van der Waals surface area contributed by atoms with E-state index in [9.17, 15) is 18.0 Å². The second kappa shape index (κ2) is 12.8. The normalized spacial score (nSPS) is 14.3. The number of piperazine rings is 1. The van der Waals surface area contributed by atoms with Crippen LogP contribution in [-0.4, -0.2) is 74.3 Å². The number of benzene rings is 2. The summed E-state index contributed by atoms with van der Waals surface area (Å²) in [4.78, 5) is 29.5. The van der Waals surface area contributed by atoms with Crippen LogP contribution in [0.15, 0.2) is 73.6 Å². The highest BCUT2D eigenvalue weighted by atomic mass is 19.4. The highest BCUT2D eigenvalue weighted by molar-refractivity contribution is 6.02. The minimum atomic E-state index is -4.23. The van der Waals surface area contributed by atoms with E-state index in [1.165, 1.54) is 11.0 Å². The zero-order valence-corrected chi connectivity index (χ0v) is 25.6. The van der Waals surface area contributed by atoms with Gasteiger partial charge in [-0.15, -0.1) is 0 Å². The molecule has 1 fully saturated rings. The number of carbonyl (C=O) groups is 1. The Morgan fingerprint density at radius 2 is 1.85 bits per heavy atom. The number of amides is 1. The van der Waals surface area contributed by atoms with Gasteiger partial charge in [0.2, 0.25) is 17.8 Å². The summed E-state index contributed by atoms with van der Waals surface area (Å²) in [6, 6.07) is 15.5. The molecule has 238 valence electrons. The molecule has 0 spiro atoms. The lowest BCUT2D eigenvalue weighted by molar-refractivity contribution is -0.146. The molecule has 2 N–H and O–H groups in total. The smallest absolute Gasteiger partial charge is 0.350 e. The van der Waals surface area contributed by atoms with Gasteiger partial charge in [-0.2, -0.15) is 32.8 Å². The van der Waals surface area contributed by atoms with Crippen molar-refractivity contribution in [2.45, 2.75) is 32.5 Å². The number of pyridine rings is 1. The number of fused-ring (bicyclic) bond motifs is 2. The molecule has 46 heavy (non-hydrogen) atoms. The summed E-state index contributed by atoms with van der Waals surface area (Å²) in [5.41, 5.74) is 4.96. The van der Waals surface area contributed by atoms with Gasteiger partial charge in [0.15, 0.2) is 5.65 Å². The number of carbonyl (C=O) groups excluding carboxylic acids is 1. The Balaban J connectivity index is 1.30. The predicted molar refractivity (Wildman–Crippen MR) is 173 cm³/mol. The summed E-state index contributed by atoms with van der Waals surface area (Å²) in [5.74, 6) is 0.800. The fourth-order valence-electron chi connectivity index (χ4n) is 5.65. The van der Waals surface area contributed by atoms with Crippen molar-refractivity contribution in [3.8, 4) is 11.3 Å². The van der Waals surface area contributed by atoms with Crippen LogP contribution in [0.3, 0.4) is 0 Å². The summed E-state index contributed by atoms with van der Waals surface area (Å²) in [6.07, 6.45) is 0.519. The zero-order chi connectivity index (χ0) is 32.4. The monoisotopic (exact) mass is 629 g/mol. The molecule has 0 saturated carbocycles. The van der Waals surface area contributed by atoms with Gasteiger partial charge in [-0.05, 0) is 41.1 Å². The first-order valence-electron chi connectivity index (χ1n) is 15.0. The van der Waals surface area contributed by atoms with Crippen LogP contribution < -0.4 is 15.5 Å². The number of rotatable bonds is 9. The SMILES string of the molecule is C=CC(=O)Nc1ccc2c(-c3ccccc3CNc3nc(N4CCN(CC(F)(F)F)CC4)nc4c(C(C)C)cnn34)nccc2c1. The highest BCUT2D eigenvalue weighted by Crippen LogP contribution is 2.32. The van der Waals surface area contributed by atoms with Crippen molar-refractivity contribution in [1.82, 2.24) is 29.5 Å². The Morgan fingerprint density at radius 3 is 2.59 bits per heavy atom. The number of alkyl halides is 3. The van der Waals surface area contributed by atoms with Crippen molar-refractivity contribution >= 4 is 39.9 Å². The number of halogens is 3. The largest absolute Gasteiger partial charge is 0.401 e. The van der Waals surface area contributed by atoms with Gasteiger partial charge >= 0.3 is 6.18 Å². The number of hydrogen-bond donors (Lipinski definition) is 2. The number of nitrogens with zero attached hydrogens (tertiary/aromatic N) is 7. The molecule has 5 aromatic rings. The summed E-state index contributed by atoms with van der Waals surface area (Å²) >= 11 is 0. The van der Waals surface area contributed by atoms with E-state index in [4.69, 9.17) is 15.0 Å². The molecule has 0 radical (unpaired) electrons. The molecule has 13 heteroatoms. The summed E-state index contributed by atoms with van der Waals surface area (Å²) in [7, 11) is 0. The average molecular weight is 630 g/mol. The second-order valence-electron chi connectivity index (χ2n) is 11.5. The maximum Gasteiger partial charge on any atom is 0.401 e. The molecule has 3 aromatic heterocycles. The third-order valence-electron chi connectivity index (χ3n) is 7.99. The van der Waals surface area contributed by atoms with Crippen molar-refractivity contribution in [2.75, 3.05) is 48.3 Å². The maximum absolute atomic E-state index is 13.0. The molecule has 2 aromatic carbocycles. The fraction of sp³-hybridized carbons (Fsp3) is 0.303. The van der Waals surface area contributed by atoms with E-state index < -0.39 is 12.7 Å². The molecule has 0 bridgehead atoms. The van der Waals surface area contributed by atoms with Crippen LogP contribution in [0.1, 0.15) is 30.9 Å². The summed E-state index contributed by atoms with van der Waals surface area (Å²) in [6.45, 7) is 8.39. The first kappa shape index (κ1) is 31.0. The predicted octanol–water partition coefficient (Wildman–Crippen LogP) is 5.88. The van der Waals surface area contributed by atoms with Crippen LogP contribution in [-0.2, 0) is 11.3 Å². The first-order chi connectivity index (χ1) is 22.1. The van der Waals surface area contributed by atoms with Crippen LogP contribution in [0.25, 0.3) is 27.7 Å². The van der Waals surface area contributed by atoms with Gasteiger partial charge in [-0.1, -0.05) is 50.8 Å². The van der Waals surface area contributed by atoms with Crippen molar-refractivity contribution in [1.29, 1.82) is 0 Å². The third kappa shape index (κ3) is 6.64. The van der Waals surface area contributed by atoms with Crippen molar-refractivity contribution < 1.29 is 18.0 Å². The van der Waals surface area contributed by atoms with Gasteiger partial charge in [0, 0.05) is 61.1 Å². The quantitative estimate of drug-likeness (QED) is 0.195. The van der Waals surface area contributed by atoms with Crippen LogP contribution in [0, 0.1) is 0 Å². The zero-order valence-electron chi connectivity index (χ0n) is 25.6. The van der Waals surface area contributed by atoms with E-state index in [0.717, 1.165) is 33.2 Å². The summed E-state index contributed by atoms with van der Waals surface area (Å²) in [5, 5.41) is 12.7. The summed E-state index contributed by atoms with van der Waals surface area (Å²) < 4.78 is 40.6. The van der Waals surface area contributed by atoms with E-state index in [1.54, 1.807) is 16.9 Å². The minimum Gasteiger partial charge on any atom is -0.350 e. The fourth-order valence-corrected chi connectivity index (χ4v) is 5.65. The van der Waals surface area contributed by atoms with Crippen molar-refractivity contribution in [2.24, 2.45) is 0 Å². The van der Waals surface area contributed by atoms with E-state index in [0.29, 0.717) is 42.9 Å². The molecule has 4 heterocycles. The Labute approximate surface area is 264 Å². The van der Waals surface area contributed by atoms with Crippen LogP contribution in [0.2, 0.25) is 0 Å². The van der Waals surface area contributed by atoms with Gasteiger partial charge in [0.25, 0.3) is 0 Å². The minimum absolute atomic E-state index is 0.153. The van der Waals surface area contributed by atoms with E-state index in [2.05, 4.69) is 36.2 Å². The molecular formula is C33H34F3N9O. The van der Waals surface area contributed by atoms with Gasteiger partial charge in [0.1, 0.15) is 0 Å². The Bertz CT molecular complexity index is 1900. The van der Waals surface area contributed by atoms with Gasteiger partial charge in [-0.3, -0.25) is 14.7 Å². The Kier molecular flexibility index (Phi) is 8.59. The average Bonchev–Trinajstić information content (AvgIpc) is 3.48. The van der Waals surface area contributed by atoms with Crippen LogP contribution in [0.5, 0.6) is 0 Å². The Hall–Kier alpha value is -5.04. The molecule has 0 aliphatic carbocycles. The molecule has 1 aliphatic heterocycles. The molecule has 10 nitrogen and oxygen atoms in total. The van der Waals surface area contributed by atoms with Gasteiger partial charge in [-0.25, -0.2) is 0 Å². The van der Waals surface area contributed by atoms with Crippen molar-refractivity contribution in [3.05, 3.63) is 84.7 Å². The molecule has 0 atom stereocenters. The molecule has 6 rings (SSSR count). The number of hydrogen-bond acceptors (Lipinski definition) is 8.